The Bertz CT molecular complexity index is 1460. The Balaban J connectivity index is 0.000000259. The van der Waals surface area contributed by atoms with Gasteiger partial charge in [-0.2, -0.15) is 73.9 Å². The van der Waals surface area contributed by atoms with E-state index in [-0.39, 0.29) is 32.2 Å². The molecular weight excluding hydrogens is 630 g/mol. The van der Waals surface area contributed by atoms with Crippen LogP contribution in [0.15, 0.2) is 127 Å². The van der Waals surface area contributed by atoms with E-state index >= 15 is 0 Å². The van der Waals surface area contributed by atoms with E-state index in [2.05, 4.69) is 53.7 Å². The summed E-state index contributed by atoms with van der Waals surface area (Å²) in [6, 6.07) is 41.7. The minimum atomic E-state index is 0. The maximum Gasteiger partial charge on any atom is 4.00 e. The maximum absolute atomic E-state index is 10.8. The summed E-state index contributed by atoms with van der Waals surface area (Å²) in [5.74, 6) is 1.02. The van der Waals surface area contributed by atoms with Crippen molar-refractivity contribution in [3.63, 3.8) is 0 Å². The molecule has 45 heavy (non-hydrogen) atoms. The second kappa shape index (κ2) is 19.1. The zero-order chi connectivity index (χ0) is 31.9. The monoisotopic (exact) mass is 671 g/mol. The van der Waals surface area contributed by atoms with Gasteiger partial charge in [0, 0.05) is 11.6 Å². The van der Waals surface area contributed by atoms with Crippen molar-refractivity contribution in [1.82, 2.24) is 0 Å². The summed E-state index contributed by atoms with van der Waals surface area (Å²) >= 11 is 0. The molecule has 5 aromatic carbocycles. The zero-order valence-electron chi connectivity index (χ0n) is 26.9. The maximum atomic E-state index is 10.8. The van der Waals surface area contributed by atoms with Gasteiger partial charge >= 0.3 is 26.2 Å². The average Bonchev–Trinajstić information content (AvgIpc) is 3.39. The van der Waals surface area contributed by atoms with Gasteiger partial charge in [-0.15, -0.1) is 36.4 Å². The molecule has 0 aliphatic carbocycles. The topological polar surface area (TPSA) is 38.0 Å². The molecule has 4 nitrogen and oxygen atoms in total. The van der Waals surface area contributed by atoms with Gasteiger partial charge in [0.25, 0.3) is 0 Å². The first-order chi connectivity index (χ1) is 21.2. The Morgan fingerprint density at radius 1 is 0.578 bits per heavy atom. The first-order valence-corrected chi connectivity index (χ1v) is 14.6. The summed E-state index contributed by atoms with van der Waals surface area (Å²) in [5.41, 5.74) is 8.78. The van der Waals surface area contributed by atoms with Gasteiger partial charge in [0.15, 0.2) is 0 Å². The van der Waals surface area contributed by atoms with Crippen molar-refractivity contribution in [2.75, 3.05) is 30.0 Å². The predicted octanol–water partition coefficient (Wildman–Crippen LogP) is 9.48. The summed E-state index contributed by atoms with van der Waals surface area (Å²) in [6.45, 7) is 18.9. The smallest absolute Gasteiger partial charge is 0.496 e. The Morgan fingerprint density at radius 2 is 0.956 bits per heavy atom. The van der Waals surface area contributed by atoms with Gasteiger partial charge in [0.2, 0.25) is 0 Å². The Labute approximate surface area is 290 Å². The van der Waals surface area contributed by atoms with Crippen molar-refractivity contribution in [2.24, 2.45) is 0 Å². The number of aryl methyl sites for hydroxylation is 3. The number of anilines is 2. The van der Waals surface area contributed by atoms with Gasteiger partial charge in [-0.3, -0.25) is 0 Å². The molecule has 0 amide bonds. The third-order valence-corrected chi connectivity index (χ3v) is 6.84. The number of rotatable bonds is 3. The number of nitrogens with zero attached hydrogens (tertiary/aromatic N) is 3. The van der Waals surface area contributed by atoms with Crippen molar-refractivity contribution in [3.8, 4) is 5.75 Å². The second-order valence-electron chi connectivity index (χ2n) is 10.5. The van der Waals surface area contributed by atoms with Crippen molar-refractivity contribution in [3.05, 3.63) is 187 Å². The quantitative estimate of drug-likeness (QED) is 0.179. The average molecular weight is 673 g/mol. The van der Waals surface area contributed by atoms with Crippen molar-refractivity contribution >= 4 is 17.3 Å². The molecule has 1 aliphatic heterocycles. The molecule has 1 aliphatic rings. The van der Waals surface area contributed by atoms with Crippen LogP contribution < -0.4 is 14.5 Å². The Morgan fingerprint density at radius 3 is 1.33 bits per heavy atom. The van der Waals surface area contributed by atoms with Crippen molar-refractivity contribution < 1.29 is 30.9 Å². The molecule has 0 aromatic heterocycles. The molecule has 0 spiro atoms. The molecule has 0 N–H and O–H groups in total. The van der Waals surface area contributed by atoms with Gasteiger partial charge in [-0.1, -0.05) is 48.0 Å². The van der Waals surface area contributed by atoms with Crippen LogP contribution in [0.3, 0.4) is 0 Å². The summed E-state index contributed by atoms with van der Waals surface area (Å²) in [7, 11) is 1.65. The summed E-state index contributed by atoms with van der Waals surface area (Å²) in [6.07, 6.45) is 0. The molecule has 0 bridgehead atoms. The number of methoxy groups -OCH3 is 1. The molecule has 1 fully saturated rings. The summed E-state index contributed by atoms with van der Waals surface area (Å²) in [4.78, 5) is 3.88. The fraction of sp³-hybridized carbons (Fsp3) is 0.150. The largest absolute Gasteiger partial charge is 4.00 e. The Hall–Kier alpha value is -4.34. The Kier molecular flexibility index (Phi) is 15.7. The first kappa shape index (κ1) is 36.9. The number of hydrogen-bond acceptors (Lipinski definition) is 1. The minimum Gasteiger partial charge on any atom is -0.496 e. The molecule has 228 valence electrons. The van der Waals surface area contributed by atoms with Gasteiger partial charge in [-0.05, 0) is 62.8 Å². The molecule has 6 rings (SSSR count). The van der Waals surface area contributed by atoms with Crippen LogP contribution in [0.5, 0.6) is 5.75 Å². The van der Waals surface area contributed by atoms with Crippen LogP contribution in [-0.2, 0) is 26.2 Å². The van der Waals surface area contributed by atoms with E-state index in [0.29, 0.717) is 0 Å². The number of para-hydroxylation sites is 2. The van der Waals surface area contributed by atoms with Crippen LogP contribution >= 0.6 is 0 Å². The van der Waals surface area contributed by atoms with Gasteiger partial charge < -0.3 is 19.9 Å². The molecule has 1 saturated heterocycles. The van der Waals surface area contributed by atoms with Crippen LogP contribution in [0.2, 0.25) is 0 Å². The molecule has 0 radical (unpaired) electrons. The number of hydrogen-bond donors (Lipinski definition) is 0. The second-order valence-corrected chi connectivity index (χ2v) is 10.5. The van der Waals surface area contributed by atoms with Gasteiger partial charge in [0.1, 0.15) is 5.75 Å². The number of guanidine groups is 1. The van der Waals surface area contributed by atoms with E-state index in [9.17, 15) is 5.41 Å². The third kappa shape index (κ3) is 11.6. The standard InChI is InChI=1S/C19H22N3O.3C7H7.Zr/c1-13-11-14(2)18(15(3)12-13)22-10-9-21(19(22)20)16-7-5-6-8-17(16)23-4;3*1-7-5-3-2-4-6-7;/h5-8,11-12H,9-10H2,1-4H3;3*2-6H,1H2;/q4*-1;+4. The van der Waals surface area contributed by atoms with Crippen LogP contribution in [0.1, 0.15) is 33.4 Å². The van der Waals surface area contributed by atoms with Gasteiger partial charge in [0.05, 0.1) is 7.11 Å². The molecule has 0 atom stereocenters. The fourth-order valence-electron chi connectivity index (χ4n) is 4.87. The predicted molar refractivity (Wildman–Crippen MR) is 189 cm³/mol. The van der Waals surface area contributed by atoms with E-state index in [0.717, 1.165) is 46.9 Å². The third-order valence-electron chi connectivity index (χ3n) is 6.84. The minimum absolute atomic E-state index is 0. The molecule has 0 saturated carbocycles. The normalized spacial score (nSPS) is 11.4. The van der Waals surface area contributed by atoms with Crippen LogP contribution in [0.25, 0.3) is 5.41 Å². The van der Waals surface area contributed by atoms with Crippen LogP contribution in [-0.4, -0.2) is 26.2 Å². The molecule has 5 heteroatoms. The first-order valence-electron chi connectivity index (χ1n) is 14.6. The van der Waals surface area contributed by atoms with Crippen LogP contribution in [0.4, 0.5) is 11.4 Å². The summed E-state index contributed by atoms with van der Waals surface area (Å²) in [5, 5.41) is 10.8. The summed E-state index contributed by atoms with van der Waals surface area (Å²) < 4.78 is 5.43. The van der Waals surface area contributed by atoms with E-state index in [1.807, 2.05) is 125 Å². The number of ether oxygens (including phenoxy) is 1. The SMILES string of the molecule is COc1ccccc1N1CCN(c2c(C)cc(C)cc2C)C1=[N-].[CH2-]c1ccccc1.[CH2-]c1ccccc1.[CH2-]c1ccccc1.[Zr+4]. The molecule has 1 heterocycles. The van der Waals surface area contributed by atoms with E-state index in [1.54, 1.807) is 7.11 Å². The van der Waals surface area contributed by atoms with Crippen molar-refractivity contribution in [2.45, 2.75) is 20.8 Å². The molecular formula is C40H43N3OZr. The van der Waals surface area contributed by atoms with Crippen molar-refractivity contribution in [1.29, 1.82) is 0 Å². The molecule has 0 unspecified atom stereocenters. The fourth-order valence-corrected chi connectivity index (χ4v) is 4.87. The van der Waals surface area contributed by atoms with E-state index < -0.39 is 0 Å². The zero-order valence-corrected chi connectivity index (χ0v) is 29.4. The molecule has 5 aromatic rings. The van der Waals surface area contributed by atoms with Gasteiger partial charge in [-0.25, -0.2) is 0 Å². The van der Waals surface area contributed by atoms with E-state index in [1.165, 1.54) is 16.7 Å². The van der Waals surface area contributed by atoms with E-state index in [4.69, 9.17) is 4.74 Å². The van der Waals surface area contributed by atoms with Crippen LogP contribution in [0, 0.1) is 41.5 Å². The number of benzene rings is 5.